The summed E-state index contributed by atoms with van der Waals surface area (Å²) in [5.74, 6) is -0.950. The van der Waals surface area contributed by atoms with Gasteiger partial charge in [-0.2, -0.15) is 0 Å². The number of amides is 1. The first kappa shape index (κ1) is 14.3. The molecule has 0 bridgehead atoms. The van der Waals surface area contributed by atoms with Crippen LogP contribution < -0.4 is 0 Å². The summed E-state index contributed by atoms with van der Waals surface area (Å²) in [7, 11) is 0. The quantitative estimate of drug-likeness (QED) is 0.828. The monoisotopic (exact) mass is 269 g/mol. The molecule has 5 heteroatoms. The molecule has 5 nitrogen and oxygen atoms in total. The van der Waals surface area contributed by atoms with Gasteiger partial charge in [-0.05, 0) is 46.0 Å². The molecule has 3 atom stereocenters. The second-order valence-electron chi connectivity index (χ2n) is 5.81. The Kier molecular flexibility index (Phi) is 4.45. The lowest BCUT2D eigenvalue weighted by molar-refractivity contribution is -0.157. The number of carboxylic acids is 1. The molecule has 2 saturated heterocycles. The second kappa shape index (κ2) is 5.90. The smallest absolute Gasteiger partial charge is 0.326 e. The number of hydrogen-bond acceptors (Lipinski definition) is 3. The summed E-state index contributed by atoms with van der Waals surface area (Å²) in [5.41, 5.74) is 0. The van der Waals surface area contributed by atoms with Crippen molar-refractivity contribution in [1.82, 2.24) is 4.90 Å². The van der Waals surface area contributed by atoms with Gasteiger partial charge in [-0.1, -0.05) is 0 Å². The molecule has 19 heavy (non-hydrogen) atoms. The third-order valence-corrected chi connectivity index (χ3v) is 4.12. The average molecular weight is 269 g/mol. The zero-order valence-electron chi connectivity index (χ0n) is 11.7. The summed E-state index contributed by atoms with van der Waals surface area (Å²) in [6.45, 7) is 4.53. The Balaban J connectivity index is 2.06. The van der Waals surface area contributed by atoms with Crippen LogP contribution >= 0.6 is 0 Å². The van der Waals surface area contributed by atoms with E-state index in [4.69, 9.17) is 4.74 Å². The molecule has 2 rings (SSSR count). The number of hydrogen-bond donors (Lipinski definition) is 1. The number of ether oxygens (including phenoxy) is 1. The lowest BCUT2D eigenvalue weighted by Gasteiger charge is -2.38. The van der Waals surface area contributed by atoms with Crippen LogP contribution in [0, 0.1) is 5.92 Å². The summed E-state index contributed by atoms with van der Waals surface area (Å²) >= 11 is 0. The normalized spacial score (nSPS) is 36.0. The SMILES string of the molecule is CC1CC(C(=O)N2CCCCC2C(=O)O)CC(C)O1. The topological polar surface area (TPSA) is 66.8 Å². The van der Waals surface area contributed by atoms with Gasteiger partial charge in [0.2, 0.25) is 5.91 Å². The molecule has 0 aromatic heterocycles. The number of carbonyl (C=O) groups excluding carboxylic acids is 1. The average Bonchev–Trinajstić information content (AvgIpc) is 2.36. The highest BCUT2D eigenvalue weighted by Gasteiger charge is 2.38. The molecule has 2 fully saturated rings. The molecular weight excluding hydrogens is 246 g/mol. The summed E-state index contributed by atoms with van der Waals surface area (Å²) in [5, 5.41) is 9.24. The molecule has 0 aliphatic carbocycles. The van der Waals surface area contributed by atoms with Crippen molar-refractivity contribution in [2.24, 2.45) is 5.92 Å². The summed E-state index contributed by atoms with van der Waals surface area (Å²) < 4.78 is 5.64. The molecule has 0 aromatic rings. The third kappa shape index (κ3) is 3.26. The largest absolute Gasteiger partial charge is 0.480 e. The number of rotatable bonds is 2. The Morgan fingerprint density at radius 3 is 2.37 bits per heavy atom. The van der Waals surface area contributed by atoms with Gasteiger partial charge in [-0.25, -0.2) is 4.79 Å². The maximum absolute atomic E-state index is 12.6. The first-order chi connectivity index (χ1) is 8.99. The van der Waals surface area contributed by atoms with Gasteiger partial charge in [0.05, 0.1) is 12.2 Å². The minimum absolute atomic E-state index is 0.00843. The molecule has 108 valence electrons. The van der Waals surface area contributed by atoms with Crippen molar-refractivity contribution in [3.05, 3.63) is 0 Å². The Labute approximate surface area is 113 Å². The first-order valence-electron chi connectivity index (χ1n) is 7.17. The van der Waals surface area contributed by atoms with Crippen LogP contribution in [0.3, 0.4) is 0 Å². The Morgan fingerprint density at radius 2 is 1.79 bits per heavy atom. The standard InChI is InChI=1S/C14H23NO4/c1-9-7-11(8-10(2)19-9)13(16)15-6-4-3-5-12(15)14(17)18/h9-12H,3-8H2,1-2H3,(H,17,18). The number of nitrogens with zero attached hydrogens (tertiary/aromatic N) is 1. The molecule has 2 aliphatic rings. The van der Waals surface area contributed by atoms with Gasteiger partial charge in [-0.3, -0.25) is 4.79 Å². The molecular formula is C14H23NO4. The Morgan fingerprint density at radius 1 is 1.16 bits per heavy atom. The minimum atomic E-state index is -0.874. The van der Waals surface area contributed by atoms with E-state index in [1.54, 1.807) is 4.90 Å². The lowest BCUT2D eigenvalue weighted by atomic mass is 9.89. The van der Waals surface area contributed by atoms with Gasteiger partial charge in [0.25, 0.3) is 0 Å². The van der Waals surface area contributed by atoms with E-state index in [0.29, 0.717) is 25.8 Å². The van der Waals surface area contributed by atoms with Crippen molar-refractivity contribution in [2.75, 3.05) is 6.54 Å². The maximum Gasteiger partial charge on any atom is 0.326 e. The van der Waals surface area contributed by atoms with Gasteiger partial charge < -0.3 is 14.7 Å². The molecule has 0 saturated carbocycles. The zero-order chi connectivity index (χ0) is 14.0. The van der Waals surface area contributed by atoms with Crippen LogP contribution in [0.15, 0.2) is 0 Å². The minimum Gasteiger partial charge on any atom is -0.480 e. The van der Waals surface area contributed by atoms with E-state index in [1.165, 1.54) is 0 Å². The number of carboxylic acid groups (broad SMARTS) is 1. The molecule has 0 spiro atoms. The van der Waals surface area contributed by atoms with Crippen LogP contribution in [-0.2, 0) is 14.3 Å². The number of carbonyl (C=O) groups is 2. The van der Waals surface area contributed by atoms with Crippen LogP contribution in [0.25, 0.3) is 0 Å². The molecule has 2 heterocycles. The van der Waals surface area contributed by atoms with E-state index in [2.05, 4.69) is 0 Å². The van der Waals surface area contributed by atoms with Crippen molar-refractivity contribution in [3.8, 4) is 0 Å². The van der Waals surface area contributed by atoms with Gasteiger partial charge in [-0.15, -0.1) is 0 Å². The van der Waals surface area contributed by atoms with E-state index in [9.17, 15) is 14.7 Å². The number of likely N-dealkylation sites (tertiary alicyclic amines) is 1. The second-order valence-corrected chi connectivity index (χ2v) is 5.81. The van der Waals surface area contributed by atoms with E-state index < -0.39 is 12.0 Å². The fourth-order valence-electron chi connectivity index (χ4n) is 3.29. The van der Waals surface area contributed by atoms with E-state index in [0.717, 1.165) is 12.8 Å². The summed E-state index contributed by atoms with van der Waals surface area (Å²) in [4.78, 5) is 25.4. The molecule has 3 unspecified atom stereocenters. The Bertz CT molecular complexity index is 347. The zero-order valence-corrected chi connectivity index (χ0v) is 11.7. The van der Waals surface area contributed by atoms with E-state index in [-0.39, 0.29) is 24.0 Å². The molecule has 0 aromatic carbocycles. The van der Waals surface area contributed by atoms with E-state index in [1.807, 2.05) is 13.8 Å². The van der Waals surface area contributed by atoms with Gasteiger partial charge in [0.15, 0.2) is 0 Å². The van der Waals surface area contributed by atoms with Crippen LogP contribution in [0.5, 0.6) is 0 Å². The highest BCUT2D eigenvalue weighted by atomic mass is 16.5. The van der Waals surface area contributed by atoms with Crippen molar-refractivity contribution < 1.29 is 19.4 Å². The van der Waals surface area contributed by atoms with Crippen LogP contribution in [0.2, 0.25) is 0 Å². The van der Waals surface area contributed by atoms with Gasteiger partial charge in [0, 0.05) is 12.5 Å². The predicted octanol–water partition coefficient (Wildman–Crippen LogP) is 1.66. The lowest BCUT2D eigenvalue weighted by Crippen LogP contribution is -2.51. The summed E-state index contributed by atoms with van der Waals surface area (Å²) in [6, 6.07) is -0.630. The molecule has 1 amide bonds. The van der Waals surface area contributed by atoms with Crippen molar-refractivity contribution in [2.45, 2.75) is 64.2 Å². The number of piperidine rings is 1. The van der Waals surface area contributed by atoms with Crippen molar-refractivity contribution in [3.63, 3.8) is 0 Å². The highest BCUT2D eigenvalue weighted by Crippen LogP contribution is 2.29. The molecule has 1 N–H and O–H groups in total. The van der Waals surface area contributed by atoms with Crippen LogP contribution in [0.4, 0.5) is 0 Å². The summed E-state index contributed by atoms with van der Waals surface area (Å²) in [6.07, 6.45) is 3.93. The maximum atomic E-state index is 12.6. The first-order valence-corrected chi connectivity index (χ1v) is 7.17. The fraction of sp³-hybridized carbons (Fsp3) is 0.857. The Hall–Kier alpha value is -1.10. The van der Waals surface area contributed by atoms with Gasteiger partial charge >= 0.3 is 5.97 Å². The van der Waals surface area contributed by atoms with Gasteiger partial charge in [0.1, 0.15) is 6.04 Å². The molecule has 0 radical (unpaired) electrons. The number of aliphatic carboxylic acids is 1. The highest BCUT2D eigenvalue weighted by molar-refractivity contribution is 5.85. The van der Waals surface area contributed by atoms with Crippen molar-refractivity contribution in [1.29, 1.82) is 0 Å². The predicted molar refractivity (Wildman–Crippen MR) is 69.7 cm³/mol. The van der Waals surface area contributed by atoms with Crippen molar-refractivity contribution >= 4 is 11.9 Å². The fourth-order valence-corrected chi connectivity index (χ4v) is 3.29. The van der Waals surface area contributed by atoms with Crippen LogP contribution in [0.1, 0.15) is 46.0 Å². The van der Waals surface area contributed by atoms with E-state index >= 15 is 0 Å². The van der Waals surface area contributed by atoms with Crippen LogP contribution in [-0.4, -0.2) is 46.7 Å². The third-order valence-electron chi connectivity index (χ3n) is 4.12. The molecule has 2 aliphatic heterocycles.